The van der Waals surface area contributed by atoms with Crippen LogP contribution < -0.4 is 4.90 Å². The molecule has 110 valence electrons. The fourth-order valence-electron chi connectivity index (χ4n) is 2.05. The number of carbonyl (C=O) groups is 2. The van der Waals surface area contributed by atoms with E-state index in [1.165, 1.54) is 11.1 Å². The lowest BCUT2D eigenvalue weighted by atomic mass is 9.99. The molecule has 2 rings (SSSR count). The van der Waals surface area contributed by atoms with Crippen molar-refractivity contribution in [3.05, 3.63) is 52.3 Å². The lowest BCUT2D eigenvalue weighted by Gasteiger charge is -2.29. The Bertz CT molecular complexity index is 669. The SMILES string of the molecule is O=C(O)C1=CN(c2ccccc2Cl)C(CF)=C(C(=O)O)C1. The van der Waals surface area contributed by atoms with Gasteiger partial charge in [-0.1, -0.05) is 23.7 Å². The first-order valence-electron chi connectivity index (χ1n) is 5.94. The summed E-state index contributed by atoms with van der Waals surface area (Å²) in [6.07, 6.45) is 0.857. The van der Waals surface area contributed by atoms with Crippen molar-refractivity contribution in [2.24, 2.45) is 0 Å². The van der Waals surface area contributed by atoms with E-state index in [-0.39, 0.29) is 28.3 Å². The number of rotatable bonds is 4. The number of alkyl halides is 1. The molecule has 0 saturated heterocycles. The molecule has 0 bridgehead atoms. The molecule has 0 fully saturated rings. The molecule has 1 aliphatic heterocycles. The van der Waals surface area contributed by atoms with Crippen LogP contribution in [0.15, 0.2) is 47.3 Å². The van der Waals surface area contributed by atoms with Gasteiger partial charge >= 0.3 is 11.9 Å². The number of aliphatic carboxylic acids is 2. The average Bonchev–Trinajstić information content (AvgIpc) is 2.46. The van der Waals surface area contributed by atoms with Gasteiger partial charge in [-0.05, 0) is 12.1 Å². The number of nitrogens with zero attached hydrogens (tertiary/aromatic N) is 1. The van der Waals surface area contributed by atoms with Crippen molar-refractivity contribution in [3.8, 4) is 0 Å². The molecular formula is C14H11ClFNO4. The summed E-state index contributed by atoms with van der Waals surface area (Å²) in [5.41, 5.74) is -0.244. The van der Waals surface area contributed by atoms with Gasteiger partial charge in [0.2, 0.25) is 0 Å². The first kappa shape index (κ1) is 15.1. The molecule has 0 aliphatic carbocycles. The Labute approximate surface area is 124 Å². The van der Waals surface area contributed by atoms with Crippen molar-refractivity contribution >= 4 is 29.2 Å². The van der Waals surface area contributed by atoms with Gasteiger partial charge in [-0.15, -0.1) is 0 Å². The number of allylic oxidation sites excluding steroid dienone is 1. The molecule has 1 aromatic rings. The molecule has 21 heavy (non-hydrogen) atoms. The van der Waals surface area contributed by atoms with Crippen LogP contribution in [-0.2, 0) is 9.59 Å². The maximum atomic E-state index is 13.3. The minimum Gasteiger partial charge on any atom is -0.478 e. The van der Waals surface area contributed by atoms with Gasteiger partial charge in [0, 0.05) is 12.6 Å². The summed E-state index contributed by atoms with van der Waals surface area (Å²) in [5.74, 6) is -2.62. The normalized spacial score (nSPS) is 15.0. The van der Waals surface area contributed by atoms with Crippen LogP contribution in [0.4, 0.5) is 10.1 Å². The smallest absolute Gasteiger partial charge is 0.333 e. The molecule has 0 radical (unpaired) electrons. The lowest BCUT2D eigenvalue weighted by molar-refractivity contribution is -0.133. The topological polar surface area (TPSA) is 77.8 Å². The summed E-state index contributed by atoms with van der Waals surface area (Å²) in [6.45, 7) is -1.05. The van der Waals surface area contributed by atoms with Crippen LogP contribution in [0, 0.1) is 0 Å². The van der Waals surface area contributed by atoms with E-state index in [9.17, 15) is 14.0 Å². The average molecular weight is 312 g/mol. The van der Waals surface area contributed by atoms with Crippen molar-refractivity contribution in [2.45, 2.75) is 6.42 Å². The third-order valence-corrected chi connectivity index (χ3v) is 3.38. The molecule has 2 N–H and O–H groups in total. The summed E-state index contributed by atoms with van der Waals surface area (Å²) in [5, 5.41) is 18.5. The van der Waals surface area contributed by atoms with Crippen LogP contribution in [0.5, 0.6) is 0 Å². The Morgan fingerprint density at radius 2 is 1.90 bits per heavy atom. The number of hydrogen-bond donors (Lipinski definition) is 2. The van der Waals surface area contributed by atoms with E-state index in [4.69, 9.17) is 21.8 Å². The highest BCUT2D eigenvalue weighted by molar-refractivity contribution is 6.33. The van der Waals surface area contributed by atoms with Crippen LogP contribution in [0.25, 0.3) is 0 Å². The standard InChI is InChI=1S/C14H11ClFNO4/c15-10-3-1-2-4-11(10)17-7-8(13(18)19)5-9(14(20)21)12(17)6-16/h1-4,7H,5-6H2,(H,18,19)(H,20,21). The van der Waals surface area contributed by atoms with Crippen molar-refractivity contribution in [3.63, 3.8) is 0 Å². The van der Waals surface area contributed by atoms with E-state index in [0.717, 1.165) is 0 Å². The molecular weight excluding hydrogens is 301 g/mol. The first-order valence-corrected chi connectivity index (χ1v) is 6.32. The van der Waals surface area contributed by atoms with Crippen LogP contribution in [-0.4, -0.2) is 28.8 Å². The number of halogens is 2. The summed E-state index contributed by atoms with van der Waals surface area (Å²) in [7, 11) is 0. The molecule has 1 aromatic carbocycles. The highest BCUT2D eigenvalue weighted by Gasteiger charge is 2.29. The summed E-state index contributed by atoms with van der Waals surface area (Å²) in [6, 6.07) is 6.41. The fourth-order valence-corrected chi connectivity index (χ4v) is 2.28. The zero-order valence-corrected chi connectivity index (χ0v) is 11.5. The third kappa shape index (κ3) is 2.90. The van der Waals surface area contributed by atoms with E-state index < -0.39 is 18.6 Å². The quantitative estimate of drug-likeness (QED) is 0.894. The highest BCUT2D eigenvalue weighted by atomic mass is 35.5. The maximum absolute atomic E-state index is 13.3. The van der Waals surface area contributed by atoms with Gasteiger partial charge in [-0.25, -0.2) is 14.0 Å². The second-order valence-electron chi connectivity index (χ2n) is 4.32. The molecule has 0 unspecified atom stereocenters. The molecule has 1 heterocycles. The van der Waals surface area contributed by atoms with Gasteiger partial charge in [0.25, 0.3) is 0 Å². The lowest BCUT2D eigenvalue weighted by Crippen LogP contribution is -2.28. The van der Waals surface area contributed by atoms with E-state index >= 15 is 0 Å². The molecule has 0 aromatic heterocycles. The number of benzene rings is 1. The van der Waals surface area contributed by atoms with Gasteiger partial charge in [0.05, 0.1) is 27.6 Å². The Balaban J connectivity index is 2.62. The van der Waals surface area contributed by atoms with Crippen LogP contribution >= 0.6 is 11.6 Å². The predicted octanol–water partition coefficient (Wildman–Crippen LogP) is 2.83. The first-order chi connectivity index (χ1) is 9.95. The zero-order chi connectivity index (χ0) is 15.6. The maximum Gasteiger partial charge on any atom is 0.333 e. The number of anilines is 1. The minimum absolute atomic E-state index is 0.124. The summed E-state index contributed by atoms with van der Waals surface area (Å²) in [4.78, 5) is 23.6. The second-order valence-corrected chi connectivity index (χ2v) is 4.73. The van der Waals surface area contributed by atoms with Gasteiger partial charge in [0.15, 0.2) is 0 Å². The summed E-state index contributed by atoms with van der Waals surface area (Å²) < 4.78 is 13.3. The third-order valence-electron chi connectivity index (χ3n) is 3.06. The van der Waals surface area contributed by atoms with Crippen molar-refractivity contribution in [1.29, 1.82) is 0 Å². The Kier molecular flexibility index (Phi) is 4.28. The van der Waals surface area contributed by atoms with E-state index in [2.05, 4.69) is 0 Å². The predicted molar refractivity (Wildman–Crippen MR) is 74.9 cm³/mol. The highest BCUT2D eigenvalue weighted by Crippen LogP contribution is 2.34. The Morgan fingerprint density at radius 3 is 2.43 bits per heavy atom. The molecule has 1 aliphatic rings. The van der Waals surface area contributed by atoms with Crippen LogP contribution in [0.1, 0.15) is 6.42 Å². The molecule has 0 saturated carbocycles. The van der Waals surface area contributed by atoms with Crippen molar-refractivity contribution < 1.29 is 24.2 Å². The van der Waals surface area contributed by atoms with Gasteiger partial charge in [-0.3, -0.25) is 0 Å². The van der Waals surface area contributed by atoms with Crippen LogP contribution in [0.3, 0.4) is 0 Å². The molecule has 0 atom stereocenters. The van der Waals surface area contributed by atoms with Gasteiger partial charge in [0.1, 0.15) is 6.67 Å². The van der Waals surface area contributed by atoms with Crippen molar-refractivity contribution in [1.82, 2.24) is 0 Å². The van der Waals surface area contributed by atoms with Crippen molar-refractivity contribution in [2.75, 3.05) is 11.6 Å². The second kappa shape index (κ2) is 5.97. The Hall–Kier alpha value is -2.34. The molecule has 7 heteroatoms. The van der Waals surface area contributed by atoms with Crippen LogP contribution in [0.2, 0.25) is 5.02 Å². The summed E-state index contributed by atoms with van der Waals surface area (Å²) >= 11 is 6.02. The zero-order valence-electron chi connectivity index (χ0n) is 10.7. The monoisotopic (exact) mass is 311 g/mol. The minimum atomic E-state index is -1.36. The molecule has 5 nitrogen and oxygen atoms in total. The fraction of sp³-hybridized carbons (Fsp3) is 0.143. The van der Waals surface area contributed by atoms with Gasteiger partial charge in [-0.2, -0.15) is 0 Å². The van der Waals surface area contributed by atoms with E-state index in [1.54, 1.807) is 24.3 Å². The number of carboxylic acids is 2. The van der Waals surface area contributed by atoms with E-state index in [0.29, 0.717) is 5.69 Å². The number of carboxylic acid groups (broad SMARTS) is 2. The number of hydrogen-bond acceptors (Lipinski definition) is 3. The Morgan fingerprint density at radius 1 is 1.24 bits per heavy atom. The number of para-hydroxylation sites is 1. The largest absolute Gasteiger partial charge is 0.478 e. The molecule has 0 spiro atoms. The van der Waals surface area contributed by atoms with Gasteiger partial charge < -0.3 is 15.1 Å². The van der Waals surface area contributed by atoms with E-state index in [1.807, 2.05) is 0 Å². The molecule has 0 amide bonds.